The molecule has 0 bridgehead atoms. The fourth-order valence-electron chi connectivity index (χ4n) is 0.948. The molecule has 5 nitrogen and oxygen atoms in total. The molecule has 0 fully saturated rings. The molecular weight excluding hydrogens is 171 g/mol. The summed E-state index contributed by atoms with van der Waals surface area (Å²) < 4.78 is 0. The molecule has 1 aromatic heterocycles. The van der Waals surface area contributed by atoms with E-state index in [2.05, 4.69) is 10.3 Å². The summed E-state index contributed by atoms with van der Waals surface area (Å²) in [6, 6.07) is 3.16. The molecule has 13 heavy (non-hydrogen) atoms. The third kappa shape index (κ3) is 2.69. The lowest BCUT2D eigenvalue weighted by Crippen LogP contribution is -2.33. The summed E-state index contributed by atoms with van der Waals surface area (Å²) in [4.78, 5) is 3.90. The smallest absolute Gasteiger partial charge is 0.423 e. The average molecular weight is 182 g/mol. The van der Waals surface area contributed by atoms with Crippen molar-refractivity contribution in [2.24, 2.45) is 0 Å². The molecule has 0 saturated carbocycles. The Hall–Kier alpha value is -1.11. The van der Waals surface area contributed by atoms with Gasteiger partial charge in [0.15, 0.2) is 0 Å². The second-order valence-electron chi connectivity index (χ2n) is 2.47. The largest absolute Gasteiger partial charge is 0.492 e. The van der Waals surface area contributed by atoms with Crippen LogP contribution in [0.3, 0.4) is 0 Å². The molecule has 0 unspecified atom stereocenters. The zero-order valence-electron chi connectivity index (χ0n) is 7.01. The minimum absolute atomic E-state index is 0.0302. The maximum atomic E-state index is 8.92. The van der Waals surface area contributed by atoms with Crippen molar-refractivity contribution in [2.45, 2.75) is 0 Å². The quantitative estimate of drug-likeness (QED) is 0.411. The van der Waals surface area contributed by atoms with Gasteiger partial charge < -0.3 is 20.5 Å². The number of anilines is 1. The van der Waals surface area contributed by atoms with Crippen LogP contribution in [0.4, 0.5) is 5.82 Å². The van der Waals surface area contributed by atoms with E-state index < -0.39 is 7.12 Å². The molecule has 70 valence electrons. The van der Waals surface area contributed by atoms with E-state index in [9.17, 15) is 0 Å². The minimum atomic E-state index is -1.55. The molecule has 1 heterocycles. The van der Waals surface area contributed by atoms with Crippen molar-refractivity contribution >= 4 is 18.4 Å². The molecule has 0 spiro atoms. The van der Waals surface area contributed by atoms with Crippen molar-refractivity contribution in [3.8, 4) is 0 Å². The third-order valence-corrected chi connectivity index (χ3v) is 1.52. The predicted molar refractivity (Wildman–Crippen MR) is 49.6 cm³/mol. The molecule has 0 saturated heterocycles. The van der Waals surface area contributed by atoms with Crippen LogP contribution in [0.15, 0.2) is 18.3 Å². The first kappa shape index (κ1) is 9.98. The Labute approximate surface area is 76.2 Å². The first-order valence-corrected chi connectivity index (χ1v) is 3.91. The summed E-state index contributed by atoms with van der Waals surface area (Å²) in [5.74, 6) is 0.381. The number of pyridine rings is 1. The van der Waals surface area contributed by atoms with Gasteiger partial charge in [-0.3, -0.25) is 0 Å². The van der Waals surface area contributed by atoms with E-state index in [1.54, 1.807) is 12.1 Å². The van der Waals surface area contributed by atoms with Crippen LogP contribution >= 0.6 is 0 Å². The van der Waals surface area contributed by atoms with Crippen LogP contribution in [0.5, 0.6) is 0 Å². The van der Waals surface area contributed by atoms with Crippen LogP contribution in [-0.4, -0.2) is 40.4 Å². The van der Waals surface area contributed by atoms with Crippen molar-refractivity contribution in [2.75, 3.05) is 18.5 Å². The molecule has 1 aromatic rings. The van der Waals surface area contributed by atoms with Crippen LogP contribution in [0, 0.1) is 0 Å². The summed E-state index contributed by atoms with van der Waals surface area (Å²) in [7, 11) is -1.55. The molecule has 0 aliphatic rings. The highest BCUT2D eigenvalue weighted by Crippen LogP contribution is 1.97. The maximum absolute atomic E-state index is 8.92. The molecule has 0 radical (unpaired) electrons. The molecule has 0 aromatic carbocycles. The van der Waals surface area contributed by atoms with Gasteiger partial charge in [-0.1, -0.05) is 6.07 Å². The number of hydrogen-bond donors (Lipinski definition) is 4. The molecule has 4 N–H and O–H groups in total. The highest BCUT2D eigenvalue weighted by molar-refractivity contribution is 6.60. The Morgan fingerprint density at radius 2 is 2.23 bits per heavy atom. The van der Waals surface area contributed by atoms with E-state index in [1.807, 2.05) is 0 Å². The lowest BCUT2D eigenvalue weighted by Gasteiger charge is -2.08. The van der Waals surface area contributed by atoms with Gasteiger partial charge in [-0.05, 0) is 6.07 Å². The first-order valence-electron chi connectivity index (χ1n) is 3.91. The van der Waals surface area contributed by atoms with E-state index in [0.717, 1.165) is 0 Å². The Kier molecular flexibility index (Phi) is 3.69. The number of rotatable bonds is 4. The summed E-state index contributed by atoms with van der Waals surface area (Å²) in [5.41, 5.74) is 0.302. The Morgan fingerprint density at radius 1 is 1.46 bits per heavy atom. The van der Waals surface area contributed by atoms with Crippen molar-refractivity contribution < 1.29 is 15.2 Å². The summed E-state index contributed by atoms with van der Waals surface area (Å²) in [6.45, 7) is 0.300. The molecular formula is C7H11BN2O3. The molecule has 0 aliphatic carbocycles. The number of nitrogens with zero attached hydrogens (tertiary/aromatic N) is 1. The fraction of sp³-hybridized carbons (Fsp3) is 0.286. The molecule has 6 heteroatoms. The molecule has 0 atom stereocenters. The van der Waals surface area contributed by atoms with Crippen LogP contribution in [0.1, 0.15) is 0 Å². The van der Waals surface area contributed by atoms with Crippen molar-refractivity contribution in [1.29, 1.82) is 0 Å². The van der Waals surface area contributed by atoms with E-state index >= 15 is 0 Å². The second-order valence-corrected chi connectivity index (χ2v) is 2.47. The first-order chi connectivity index (χ1) is 6.25. The Morgan fingerprint density at radius 3 is 2.85 bits per heavy atom. The minimum Gasteiger partial charge on any atom is -0.423 e. The van der Waals surface area contributed by atoms with E-state index in [1.165, 1.54) is 6.20 Å². The monoisotopic (exact) mass is 182 g/mol. The molecule has 0 amide bonds. The van der Waals surface area contributed by atoms with E-state index in [-0.39, 0.29) is 6.61 Å². The van der Waals surface area contributed by atoms with E-state index in [0.29, 0.717) is 17.8 Å². The summed E-state index contributed by atoms with van der Waals surface area (Å²) in [5, 5.41) is 29.1. The zero-order valence-corrected chi connectivity index (χ0v) is 7.01. The van der Waals surface area contributed by atoms with Crippen LogP contribution in [0.2, 0.25) is 0 Å². The van der Waals surface area contributed by atoms with Crippen molar-refractivity contribution in [3.63, 3.8) is 0 Å². The summed E-state index contributed by atoms with van der Waals surface area (Å²) in [6.07, 6.45) is 1.53. The average Bonchev–Trinajstić information content (AvgIpc) is 2.15. The van der Waals surface area contributed by atoms with Gasteiger partial charge in [0, 0.05) is 18.2 Å². The SMILES string of the molecule is OCCNc1ncccc1B(O)O. The van der Waals surface area contributed by atoms with Crippen molar-refractivity contribution in [1.82, 2.24) is 4.98 Å². The van der Waals surface area contributed by atoms with Gasteiger partial charge in [-0.25, -0.2) is 4.98 Å². The van der Waals surface area contributed by atoms with Gasteiger partial charge in [0.2, 0.25) is 0 Å². The highest BCUT2D eigenvalue weighted by Gasteiger charge is 2.15. The zero-order chi connectivity index (χ0) is 9.68. The van der Waals surface area contributed by atoms with Crippen LogP contribution < -0.4 is 10.8 Å². The Bertz CT molecular complexity index is 270. The standard InChI is InChI=1S/C7H11BN2O3/c11-5-4-10-7-6(8(12)13)2-1-3-9-7/h1-3,11-13H,4-5H2,(H,9,10). The number of aromatic nitrogens is 1. The number of hydrogen-bond acceptors (Lipinski definition) is 5. The third-order valence-electron chi connectivity index (χ3n) is 1.52. The number of nitrogens with one attached hydrogen (secondary N) is 1. The van der Waals surface area contributed by atoms with Gasteiger partial charge in [0.25, 0.3) is 0 Å². The van der Waals surface area contributed by atoms with Gasteiger partial charge >= 0.3 is 7.12 Å². The predicted octanol–water partition coefficient (Wildman–Crippen LogP) is -1.83. The highest BCUT2D eigenvalue weighted by atomic mass is 16.4. The number of aliphatic hydroxyl groups excluding tert-OH is 1. The van der Waals surface area contributed by atoms with Gasteiger partial charge in [-0.15, -0.1) is 0 Å². The Balaban J connectivity index is 2.78. The van der Waals surface area contributed by atoms with Gasteiger partial charge in [0.05, 0.1) is 6.61 Å². The van der Waals surface area contributed by atoms with Crippen LogP contribution in [0.25, 0.3) is 0 Å². The number of aliphatic hydroxyl groups is 1. The lowest BCUT2D eigenvalue weighted by atomic mass is 9.80. The molecule has 1 rings (SSSR count). The van der Waals surface area contributed by atoms with E-state index in [4.69, 9.17) is 15.2 Å². The topological polar surface area (TPSA) is 85.6 Å². The molecule has 0 aliphatic heterocycles. The maximum Gasteiger partial charge on any atom is 0.492 e. The van der Waals surface area contributed by atoms with Crippen LogP contribution in [-0.2, 0) is 0 Å². The normalized spacial score (nSPS) is 9.77. The summed E-state index contributed by atoms with van der Waals surface area (Å²) >= 11 is 0. The lowest BCUT2D eigenvalue weighted by molar-refractivity contribution is 0.311. The van der Waals surface area contributed by atoms with Gasteiger partial charge in [0.1, 0.15) is 5.82 Å². The second kappa shape index (κ2) is 4.81. The van der Waals surface area contributed by atoms with Gasteiger partial charge in [-0.2, -0.15) is 0 Å². The fourth-order valence-corrected chi connectivity index (χ4v) is 0.948. The van der Waals surface area contributed by atoms with Crippen molar-refractivity contribution in [3.05, 3.63) is 18.3 Å².